The van der Waals surface area contributed by atoms with Gasteiger partial charge in [0.15, 0.2) is 0 Å². The summed E-state index contributed by atoms with van der Waals surface area (Å²) in [5, 5.41) is 12.8. The van der Waals surface area contributed by atoms with Gasteiger partial charge in [-0.15, -0.1) is 0 Å². The van der Waals surface area contributed by atoms with Crippen LogP contribution >= 0.6 is 0 Å². The number of nitrogens with zero attached hydrogens (tertiary/aromatic N) is 1. The topological polar surface area (TPSA) is 61.8 Å². The quantitative estimate of drug-likeness (QED) is 0.868. The van der Waals surface area contributed by atoms with Crippen molar-refractivity contribution in [3.8, 4) is 0 Å². The molecule has 2 N–H and O–H groups in total. The molecule has 1 aromatic carbocycles. The lowest BCUT2D eigenvalue weighted by atomic mass is 10.1. The van der Waals surface area contributed by atoms with E-state index in [9.17, 15) is 9.90 Å². The number of ether oxygens (including phenoxy) is 1. The molecule has 5 heteroatoms. The van der Waals surface area contributed by atoms with E-state index in [0.717, 1.165) is 6.54 Å². The van der Waals surface area contributed by atoms with E-state index in [4.69, 9.17) is 4.74 Å². The van der Waals surface area contributed by atoms with E-state index in [-0.39, 0.29) is 6.09 Å². The van der Waals surface area contributed by atoms with Gasteiger partial charge in [-0.1, -0.05) is 30.3 Å². The third kappa shape index (κ3) is 5.02. The molecule has 0 spiro atoms. The number of hydrogen-bond acceptors (Lipinski definition) is 4. The molecule has 5 nitrogen and oxygen atoms in total. The maximum absolute atomic E-state index is 12.0. The zero-order chi connectivity index (χ0) is 15.3. The zero-order valence-electron chi connectivity index (χ0n) is 12.7. The van der Waals surface area contributed by atoms with Crippen LogP contribution in [-0.2, 0) is 11.3 Å². The van der Waals surface area contributed by atoms with E-state index in [0.29, 0.717) is 26.1 Å². The average molecular weight is 292 g/mol. The summed E-state index contributed by atoms with van der Waals surface area (Å²) in [6, 6.07) is 10.1. The second-order valence-corrected chi connectivity index (χ2v) is 6.11. The molecular weight excluding hydrogens is 268 g/mol. The molecule has 1 saturated heterocycles. The fraction of sp³-hybridized carbons (Fsp3) is 0.562. The summed E-state index contributed by atoms with van der Waals surface area (Å²) in [4.78, 5) is 13.6. The second-order valence-electron chi connectivity index (χ2n) is 6.11. The molecule has 0 aromatic heterocycles. The third-order valence-corrected chi connectivity index (χ3v) is 3.51. The molecule has 0 bridgehead atoms. The van der Waals surface area contributed by atoms with Crippen LogP contribution in [-0.4, -0.2) is 47.4 Å². The van der Waals surface area contributed by atoms with E-state index >= 15 is 0 Å². The first-order chi connectivity index (χ1) is 9.96. The van der Waals surface area contributed by atoms with Gasteiger partial charge in [0.05, 0.1) is 6.10 Å². The standard InChI is InChI=1S/C16H24N2O3/c1-16(2,12-17-10-13-6-4-3-5-7-13)21-15(20)18-9-8-14(19)11-18/h3-7,14,17,19H,8-12H2,1-2H3. The number of likely N-dealkylation sites (tertiary alicyclic amines) is 1. The average Bonchev–Trinajstić information content (AvgIpc) is 2.86. The van der Waals surface area contributed by atoms with Crippen LogP contribution in [0.5, 0.6) is 0 Å². The van der Waals surface area contributed by atoms with Gasteiger partial charge in [-0.05, 0) is 25.8 Å². The lowest BCUT2D eigenvalue weighted by Crippen LogP contribution is -2.43. The first-order valence-corrected chi connectivity index (χ1v) is 7.37. The molecule has 1 aromatic rings. The highest BCUT2D eigenvalue weighted by atomic mass is 16.6. The maximum atomic E-state index is 12.0. The number of amides is 1. The molecule has 1 fully saturated rings. The summed E-state index contributed by atoms with van der Waals surface area (Å²) in [6.45, 7) is 6.01. The van der Waals surface area contributed by atoms with Crippen molar-refractivity contribution in [3.05, 3.63) is 35.9 Å². The Balaban J connectivity index is 1.75. The maximum Gasteiger partial charge on any atom is 0.410 e. The number of β-amino-alcohol motifs (C(OH)–C–C–N with tert-alkyl or cyclic N) is 1. The highest BCUT2D eigenvalue weighted by Crippen LogP contribution is 2.15. The van der Waals surface area contributed by atoms with Crippen molar-refractivity contribution in [1.82, 2.24) is 10.2 Å². The van der Waals surface area contributed by atoms with Gasteiger partial charge in [-0.3, -0.25) is 0 Å². The number of aliphatic hydroxyl groups excluding tert-OH is 1. The number of benzene rings is 1. The van der Waals surface area contributed by atoms with Gasteiger partial charge in [-0.2, -0.15) is 0 Å². The van der Waals surface area contributed by atoms with Crippen molar-refractivity contribution in [3.63, 3.8) is 0 Å². The van der Waals surface area contributed by atoms with E-state index < -0.39 is 11.7 Å². The van der Waals surface area contributed by atoms with Gasteiger partial charge in [0.1, 0.15) is 5.60 Å². The van der Waals surface area contributed by atoms with Crippen LogP contribution in [0.4, 0.5) is 4.79 Å². The molecule has 1 aliphatic rings. The highest BCUT2D eigenvalue weighted by Gasteiger charge is 2.30. The van der Waals surface area contributed by atoms with E-state index in [1.54, 1.807) is 4.90 Å². The summed E-state index contributed by atoms with van der Waals surface area (Å²) in [5.74, 6) is 0. The largest absolute Gasteiger partial charge is 0.442 e. The molecule has 116 valence electrons. The van der Waals surface area contributed by atoms with Gasteiger partial charge >= 0.3 is 6.09 Å². The van der Waals surface area contributed by atoms with Crippen molar-refractivity contribution < 1.29 is 14.6 Å². The lowest BCUT2D eigenvalue weighted by molar-refractivity contribution is 0.0158. The molecule has 1 amide bonds. The Morgan fingerprint density at radius 3 is 2.76 bits per heavy atom. The molecule has 2 rings (SSSR count). The molecule has 1 aliphatic heterocycles. The monoisotopic (exact) mass is 292 g/mol. The van der Waals surface area contributed by atoms with Crippen molar-refractivity contribution in [2.75, 3.05) is 19.6 Å². The summed E-state index contributed by atoms with van der Waals surface area (Å²) in [5.41, 5.74) is 0.613. The van der Waals surface area contributed by atoms with Crippen LogP contribution in [0, 0.1) is 0 Å². The van der Waals surface area contributed by atoms with Gasteiger partial charge in [0.25, 0.3) is 0 Å². The summed E-state index contributed by atoms with van der Waals surface area (Å²) >= 11 is 0. The zero-order valence-corrected chi connectivity index (χ0v) is 12.7. The fourth-order valence-electron chi connectivity index (χ4n) is 2.35. The normalized spacial score (nSPS) is 18.8. The summed E-state index contributed by atoms with van der Waals surface area (Å²) in [7, 11) is 0. The van der Waals surface area contributed by atoms with E-state index in [1.165, 1.54) is 5.56 Å². The van der Waals surface area contributed by atoms with E-state index in [1.807, 2.05) is 32.0 Å². The SMILES string of the molecule is CC(C)(CNCc1ccccc1)OC(=O)N1CCC(O)C1. The van der Waals surface area contributed by atoms with Crippen LogP contribution in [0.15, 0.2) is 30.3 Å². The van der Waals surface area contributed by atoms with Crippen molar-refractivity contribution in [1.29, 1.82) is 0 Å². The van der Waals surface area contributed by atoms with Crippen molar-refractivity contribution in [2.24, 2.45) is 0 Å². The first-order valence-electron chi connectivity index (χ1n) is 7.37. The Kier molecular flexibility index (Phi) is 5.20. The van der Waals surface area contributed by atoms with Gasteiger partial charge in [0.2, 0.25) is 0 Å². The van der Waals surface area contributed by atoms with Gasteiger partial charge in [0, 0.05) is 26.2 Å². The number of rotatable bonds is 5. The minimum Gasteiger partial charge on any atom is -0.442 e. The molecule has 0 saturated carbocycles. The Hall–Kier alpha value is -1.59. The number of carbonyl (C=O) groups is 1. The molecule has 0 aliphatic carbocycles. The van der Waals surface area contributed by atoms with Crippen LogP contribution in [0.25, 0.3) is 0 Å². The van der Waals surface area contributed by atoms with Crippen molar-refractivity contribution in [2.45, 2.75) is 38.5 Å². The fourth-order valence-corrected chi connectivity index (χ4v) is 2.35. The summed E-state index contributed by atoms with van der Waals surface area (Å²) < 4.78 is 5.52. The number of carbonyl (C=O) groups excluding carboxylic acids is 1. The van der Waals surface area contributed by atoms with Crippen LogP contribution < -0.4 is 5.32 Å². The summed E-state index contributed by atoms with van der Waals surface area (Å²) in [6.07, 6.45) is -0.142. The third-order valence-electron chi connectivity index (χ3n) is 3.51. The minimum atomic E-state index is -0.584. The number of hydrogen-bond donors (Lipinski definition) is 2. The molecule has 1 atom stereocenters. The van der Waals surface area contributed by atoms with Crippen LogP contribution in [0.2, 0.25) is 0 Å². The molecule has 1 heterocycles. The Morgan fingerprint density at radius 1 is 1.43 bits per heavy atom. The van der Waals surface area contributed by atoms with Crippen molar-refractivity contribution >= 4 is 6.09 Å². The Labute approximate surface area is 125 Å². The van der Waals surface area contributed by atoms with Crippen LogP contribution in [0.1, 0.15) is 25.8 Å². The van der Waals surface area contributed by atoms with E-state index in [2.05, 4.69) is 17.4 Å². The highest BCUT2D eigenvalue weighted by molar-refractivity contribution is 5.68. The second kappa shape index (κ2) is 6.91. The molecule has 21 heavy (non-hydrogen) atoms. The van der Waals surface area contributed by atoms with Gasteiger partial charge in [-0.25, -0.2) is 4.79 Å². The number of aliphatic hydroxyl groups is 1. The van der Waals surface area contributed by atoms with Gasteiger partial charge < -0.3 is 20.1 Å². The Morgan fingerprint density at radius 2 is 2.14 bits per heavy atom. The Bertz CT molecular complexity index is 462. The predicted octanol–water partition coefficient (Wildman–Crippen LogP) is 1.76. The molecule has 1 unspecified atom stereocenters. The smallest absolute Gasteiger partial charge is 0.410 e. The lowest BCUT2D eigenvalue weighted by Gasteiger charge is -2.28. The van der Waals surface area contributed by atoms with Crippen LogP contribution in [0.3, 0.4) is 0 Å². The first kappa shape index (κ1) is 15.8. The molecular formula is C16H24N2O3. The number of nitrogens with one attached hydrogen (secondary N) is 1. The minimum absolute atomic E-state index is 0.349. The predicted molar refractivity (Wildman–Crippen MR) is 80.9 cm³/mol. The molecule has 0 radical (unpaired) electrons.